The highest BCUT2D eigenvalue weighted by Gasteiger charge is 2.07. The highest BCUT2D eigenvalue weighted by molar-refractivity contribution is 5.69. The van der Waals surface area contributed by atoms with Crippen LogP contribution in [0.15, 0.2) is 18.2 Å². The molecule has 1 N–H and O–H groups in total. The van der Waals surface area contributed by atoms with E-state index in [1.807, 2.05) is 13.0 Å². The maximum absolute atomic E-state index is 11.2. The normalized spacial score (nSPS) is 9.76. The van der Waals surface area contributed by atoms with Crippen molar-refractivity contribution in [1.82, 2.24) is 0 Å². The Balaban J connectivity index is 2.33. The van der Waals surface area contributed by atoms with Gasteiger partial charge < -0.3 is 14.8 Å². The summed E-state index contributed by atoms with van der Waals surface area (Å²) < 4.78 is 10.1. The van der Waals surface area contributed by atoms with Crippen molar-refractivity contribution in [3.63, 3.8) is 0 Å². The Morgan fingerprint density at radius 1 is 1.33 bits per heavy atom. The van der Waals surface area contributed by atoms with Gasteiger partial charge >= 0.3 is 5.97 Å². The highest BCUT2D eigenvalue weighted by Crippen LogP contribution is 2.27. The van der Waals surface area contributed by atoms with Gasteiger partial charge in [-0.25, -0.2) is 0 Å². The monoisotopic (exact) mass is 290 g/mol. The number of nitriles is 1. The molecule has 0 atom stereocenters. The van der Waals surface area contributed by atoms with Gasteiger partial charge in [-0.15, -0.1) is 0 Å². The molecule has 0 bridgehead atoms. The summed E-state index contributed by atoms with van der Waals surface area (Å²) in [6.45, 7) is 2.98. The molecule has 0 heterocycles. The summed E-state index contributed by atoms with van der Waals surface area (Å²) >= 11 is 0. The first kappa shape index (κ1) is 16.8. The zero-order chi connectivity index (χ0) is 15.5. The Kier molecular flexibility index (Phi) is 7.73. The van der Waals surface area contributed by atoms with E-state index in [-0.39, 0.29) is 5.97 Å². The molecule has 21 heavy (non-hydrogen) atoms. The van der Waals surface area contributed by atoms with Crippen LogP contribution in [0.1, 0.15) is 38.2 Å². The number of benzene rings is 1. The van der Waals surface area contributed by atoms with E-state index >= 15 is 0 Å². The summed E-state index contributed by atoms with van der Waals surface area (Å²) in [6.07, 6.45) is 3.13. The van der Waals surface area contributed by atoms with E-state index in [0.717, 1.165) is 31.5 Å². The summed E-state index contributed by atoms with van der Waals surface area (Å²) in [4.78, 5) is 11.2. The molecular formula is C16H22N2O3. The maximum atomic E-state index is 11.2. The molecule has 0 saturated heterocycles. The van der Waals surface area contributed by atoms with Crippen LogP contribution in [0.2, 0.25) is 0 Å². The maximum Gasteiger partial charge on any atom is 0.305 e. The summed E-state index contributed by atoms with van der Waals surface area (Å²) in [5.41, 5.74) is 1.30. The topological polar surface area (TPSA) is 71.3 Å². The van der Waals surface area contributed by atoms with Crippen molar-refractivity contribution in [2.75, 3.05) is 25.6 Å². The van der Waals surface area contributed by atoms with Crippen molar-refractivity contribution in [1.29, 1.82) is 5.26 Å². The van der Waals surface area contributed by atoms with Crippen LogP contribution >= 0.6 is 0 Å². The van der Waals surface area contributed by atoms with Crippen LogP contribution in [0.5, 0.6) is 5.75 Å². The van der Waals surface area contributed by atoms with E-state index in [9.17, 15) is 4.79 Å². The van der Waals surface area contributed by atoms with Gasteiger partial charge in [-0.3, -0.25) is 4.79 Å². The molecule has 5 nitrogen and oxygen atoms in total. The number of anilines is 1. The van der Waals surface area contributed by atoms with Gasteiger partial charge in [0.2, 0.25) is 0 Å². The smallest absolute Gasteiger partial charge is 0.305 e. The third-order valence-electron chi connectivity index (χ3n) is 3.03. The van der Waals surface area contributed by atoms with Crippen LogP contribution in [0.25, 0.3) is 0 Å². The number of rotatable bonds is 9. The fourth-order valence-corrected chi connectivity index (χ4v) is 1.99. The number of esters is 1. The molecule has 114 valence electrons. The number of ether oxygens (including phenoxy) is 2. The Hall–Kier alpha value is -2.22. The van der Waals surface area contributed by atoms with Crippen molar-refractivity contribution in [2.24, 2.45) is 0 Å². The van der Waals surface area contributed by atoms with E-state index in [4.69, 9.17) is 14.7 Å². The van der Waals surface area contributed by atoms with Gasteiger partial charge in [0, 0.05) is 13.0 Å². The zero-order valence-electron chi connectivity index (χ0n) is 12.6. The number of para-hydroxylation sites is 1. The van der Waals surface area contributed by atoms with Gasteiger partial charge in [-0.1, -0.05) is 12.5 Å². The van der Waals surface area contributed by atoms with E-state index < -0.39 is 0 Å². The van der Waals surface area contributed by atoms with Gasteiger partial charge in [-0.05, 0) is 31.9 Å². The lowest BCUT2D eigenvalue weighted by Crippen LogP contribution is -2.06. The van der Waals surface area contributed by atoms with Crippen LogP contribution in [0.3, 0.4) is 0 Å². The predicted octanol–water partition coefficient (Wildman–Crippen LogP) is 3.10. The minimum atomic E-state index is -0.137. The molecule has 1 aromatic rings. The van der Waals surface area contributed by atoms with Crippen LogP contribution < -0.4 is 10.1 Å². The highest BCUT2D eigenvalue weighted by atomic mass is 16.5. The number of hydrogen-bond acceptors (Lipinski definition) is 5. The van der Waals surface area contributed by atoms with Crippen LogP contribution in [0.4, 0.5) is 5.69 Å². The average molecular weight is 290 g/mol. The molecular weight excluding hydrogens is 268 g/mol. The van der Waals surface area contributed by atoms with E-state index in [0.29, 0.717) is 24.3 Å². The predicted molar refractivity (Wildman–Crippen MR) is 81.3 cm³/mol. The molecule has 1 aromatic carbocycles. The molecule has 0 aromatic heterocycles. The van der Waals surface area contributed by atoms with Gasteiger partial charge in [0.25, 0.3) is 0 Å². The summed E-state index contributed by atoms with van der Waals surface area (Å²) in [5, 5.41) is 12.3. The fourth-order valence-electron chi connectivity index (χ4n) is 1.99. The Morgan fingerprint density at radius 2 is 2.14 bits per heavy atom. The first-order valence-corrected chi connectivity index (χ1v) is 7.19. The van der Waals surface area contributed by atoms with Gasteiger partial charge in [0.1, 0.15) is 11.8 Å². The zero-order valence-corrected chi connectivity index (χ0v) is 12.6. The lowest BCUT2D eigenvalue weighted by Gasteiger charge is -2.12. The van der Waals surface area contributed by atoms with Crippen LogP contribution in [-0.4, -0.2) is 26.2 Å². The number of nitrogens with zero attached hydrogens (tertiary/aromatic N) is 1. The lowest BCUT2D eigenvalue weighted by atomic mass is 10.1. The molecule has 0 aliphatic carbocycles. The van der Waals surface area contributed by atoms with Crippen molar-refractivity contribution < 1.29 is 14.3 Å². The fraction of sp³-hybridized carbons (Fsp3) is 0.500. The molecule has 0 fully saturated rings. The molecule has 0 aliphatic heterocycles. The number of carbonyl (C=O) groups excluding carboxylic acids is 1. The molecule has 1 rings (SSSR count). The largest absolute Gasteiger partial charge is 0.495 e. The number of carbonyl (C=O) groups is 1. The Labute approximate surface area is 125 Å². The number of nitrogens with one attached hydrogen (secondary N) is 1. The van der Waals surface area contributed by atoms with Gasteiger partial charge in [0.05, 0.1) is 25.0 Å². The van der Waals surface area contributed by atoms with Crippen molar-refractivity contribution in [2.45, 2.75) is 32.6 Å². The molecule has 0 spiro atoms. The van der Waals surface area contributed by atoms with E-state index in [2.05, 4.69) is 11.4 Å². The molecule has 0 unspecified atom stereocenters. The number of methoxy groups -OCH3 is 1. The molecule has 0 saturated carbocycles. The van der Waals surface area contributed by atoms with Gasteiger partial charge in [0.15, 0.2) is 0 Å². The quantitative estimate of drug-likeness (QED) is 0.559. The third kappa shape index (κ3) is 5.74. The SMILES string of the molecule is CCOC(=O)CCCCCNc1c(C#N)cccc1OC. The van der Waals surface area contributed by atoms with E-state index in [1.54, 1.807) is 19.2 Å². The number of hydrogen-bond donors (Lipinski definition) is 1. The molecule has 0 amide bonds. The van der Waals surface area contributed by atoms with Crippen molar-refractivity contribution in [3.8, 4) is 11.8 Å². The summed E-state index contributed by atoms with van der Waals surface area (Å²) in [5.74, 6) is 0.530. The van der Waals surface area contributed by atoms with Crippen molar-refractivity contribution in [3.05, 3.63) is 23.8 Å². The second-order valence-corrected chi connectivity index (χ2v) is 4.54. The first-order chi connectivity index (χ1) is 10.2. The minimum absolute atomic E-state index is 0.137. The molecule has 5 heteroatoms. The Morgan fingerprint density at radius 3 is 2.81 bits per heavy atom. The second-order valence-electron chi connectivity index (χ2n) is 4.54. The second kappa shape index (κ2) is 9.65. The standard InChI is InChI=1S/C16H22N2O3/c1-3-21-15(19)10-5-4-6-11-18-16-13(12-17)8-7-9-14(16)20-2/h7-9,18H,3-6,10-11H2,1-2H3. The van der Waals surface area contributed by atoms with Crippen LogP contribution in [-0.2, 0) is 9.53 Å². The average Bonchev–Trinajstić information content (AvgIpc) is 2.50. The molecule has 0 radical (unpaired) electrons. The van der Waals surface area contributed by atoms with Crippen molar-refractivity contribution >= 4 is 11.7 Å². The van der Waals surface area contributed by atoms with Crippen LogP contribution in [0, 0.1) is 11.3 Å². The lowest BCUT2D eigenvalue weighted by molar-refractivity contribution is -0.143. The summed E-state index contributed by atoms with van der Waals surface area (Å²) in [6, 6.07) is 7.52. The number of unbranched alkanes of at least 4 members (excludes halogenated alkanes) is 2. The first-order valence-electron chi connectivity index (χ1n) is 7.19. The third-order valence-corrected chi connectivity index (χ3v) is 3.03. The van der Waals surface area contributed by atoms with Gasteiger partial charge in [-0.2, -0.15) is 5.26 Å². The Bertz CT molecular complexity index is 495. The van der Waals surface area contributed by atoms with E-state index in [1.165, 1.54) is 0 Å². The minimum Gasteiger partial charge on any atom is -0.495 e. The summed E-state index contributed by atoms with van der Waals surface area (Å²) in [7, 11) is 1.58. The molecule has 0 aliphatic rings.